The number of H-pyrrole nitrogens is 1. The first-order valence-electron chi connectivity index (χ1n) is 5.49. The molecule has 0 aliphatic heterocycles. The van der Waals surface area contributed by atoms with Crippen molar-refractivity contribution in [2.24, 2.45) is 0 Å². The van der Waals surface area contributed by atoms with Gasteiger partial charge in [0, 0.05) is 6.20 Å². The average molecular weight is 227 g/mol. The standard InChI is InChI=1S/C13H13N3O/c14-8-11-3-5-13(6-4-11)17-7-1-2-12-9-15-10-16-12/h3-6,9-10H,1-2,7H2,(H,15,16). The SMILES string of the molecule is N#Cc1ccc(OCCCc2c[nH]cn2)cc1. The van der Waals surface area contributed by atoms with E-state index in [4.69, 9.17) is 10.00 Å². The molecule has 0 radical (unpaired) electrons. The number of nitriles is 1. The van der Waals surface area contributed by atoms with Crippen LogP contribution in [-0.4, -0.2) is 16.6 Å². The summed E-state index contributed by atoms with van der Waals surface area (Å²) in [6.07, 6.45) is 5.39. The number of imidazole rings is 1. The van der Waals surface area contributed by atoms with Crippen molar-refractivity contribution in [3.05, 3.63) is 48.0 Å². The van der Waals surface area contributed by atoms with Crippen molar-refractivity contribution in [1.82, 2.24) is 9.97 Å². The highest BCUT2D eigenvalue weighted by Gasteiger charge is 1.97. The van der Waals surface area contributed by atoms with Gasteiger partial charge in [0.1, 0.15) is 5.75 Å². The second kappa shape index (κ2) is 5.71. The molecule has 4 heteroatoms. The number of aromatic amines is 1. The fraction of sp³-hybridized carbons (Fsp3) is 0.231. The molecule has 0 spiro atoms. The largest absolute Gasteiger partial charge is 0.494 e. The highest BCUT2D eigenvalue weighted by molar-refractivity contribution is 5.34. The number of ether oxygens (including phenoxy) is 1. The highest BCUT2D eigenvalue weighted by Crippen LogP contribution is 2.12. The van der Waals surface area contributed by atoms with Crippen LogP contribution in [0.2, 0.25) is 0 Å². The fourth-order valence-corrected chi connectivity index (χ4v) is 1.50. The van der Waals surface area contributed by atoms with E-state index in [2.05, 4.69) is 16.0 Å². The van der Waals surface area contributed by atoms with Gasteiger partial charge in [-0.05, 0) is 37.1 Å². The van der Waals surface area contributed by atoms with Crippen molar-refractivity contribution >= 4 is 0 Å². The molecular weight excluding hydrogens is 214 g/mol. The number of aryl methyl sites for hydroxylation is 1. The molecule has 1 N–H and O–H groups in total. The van der Waals surface area contributed by atoms with Gasteiger partial charge in [-0.25, -0.2) is 4.98 Å². The summed E-state index contributed by atoms with van der Waals surface area (Å²) in [5, 5.41) is 8.65. The first-order valence-corrected chi connectivity index (χ1v) is 5.49. The van der Waals surface area contributed by atoms with Gasteiger partial charge in [0.25, 0.3) is 0 Å². The lowest BCUT2D eigenvalue weighted by Gasteiger charge is -2.04. The number of benzene rings is 1. The molecule has 0 saturated carbocycles. The van der Waals surface area contributed by atoms with Crippen LogP contribution in [-0.2, 0) is 6.42 Å². The molecule has 2 rings (SSSR count). The van der Waals surface area contributed by atoms with Gasteiger partial charge in [0.2, 0.25) is 0 Å². The Labute approximate surface area is 99.9 Å². The minimum absolute atomic E-state index is 0.647. The zero-order chi connectivity index (χ0) is 11.9. The molecule has 0 bridgehead atoms. The number of hydrogen-bond donors (Lipinski definition) is 1. The van der Waals surface area contributed by atoms with E-state index >= 15 is 0 Å². The molecule has 86 valence electrons. The third kappa shape index (κ3) is 3.35. The molecular formula is C13H13N3O. The molecule has 0 unspecified atom stereocenters. The van der Waals surface area contributed by atoms with E-state index in [1.807, 2.05) is 18.3 Å². The molecule has 0 saturated heterocycles. The number of aromatic nitrogens is 2. The van der Waals surface area contributed by atoms with Gasteiger partial charge in [-0.1, -0.05) is 0 Å². The van der Waals surface area contributed by atoms with Gasteiger partial charge < -0.3 is 9.72 Å². The van der Waals surface area contributed by atoms with Crippen molar-refractivity contribution in [3.63, 3.8) is 0 Å². The maximum atomic E-state index is 8.65. The molecule has 2 aromatic rings. The molecule has 17 heavy (non-hydrogen) atoms. The Morgan fingerprint density at radius 1 is 1.29 bits per heavy atom. The maximum absolute atomic E-state index is 8.65. The van der Waals surface area contributed by atoms with E-state index in [9.17, 15) is 0 Å². The number of nitrogens with one attached hydrogen (secondary N) is 1. The molecule has 0 fully saturated rings. The van der Waals surface area contributed by atoms with Crippen molar-refractivity contribution in [3.8, 4) is 11.8 Å². The van der Waals surface area contributed by atoms with E-state index in [0.717, 1.165) is 24.3 Å². The van der Waals surface area contributed by atoms with Gasteiger partial charge in [-0.3, -0.25) is 0 Å². The van der Waals surface area contributed by atoms with Crippen LogP contribution in [0.4, 0.5) is 0 Å². The number of rotatable bonds is 5. The zero-order valence-corrected chi connectivity index (χ0v) is 9.39. The Morgan fingerprint density at radius 2 is 2.12 bits per heavy atom. The summed E-state index contributed by atoms with van der Waals surface area (Å²) in [5.41, 5.74) is 1.70. The third-order valence-electron chi connectivity index (χ3n) is 2.38. The average Bonchev–Trinajstić information content (AvgIpc) is 2.88. The predicted molar refractivity (Wildman–Crippen MR) is 63.6 cm³/mol. The predicted octanol–water partition coefficient (Wildman–Crippen LogP) is 2.29. The monoisotopic (exact) mass is 227 g/mol. The summed E-state index contributed by atoms with van der Waals surface area (Å²) in [5.74, 6) is 0.797. The van der Waals surface area contributed by atoms with E-state index in [1.54, 1.807) is 18.5 Å². The summed E-state index contributed by atoms with van der Waals surface area (Å²) in [6, 6.07) is 9.20. The molecule has 0 atom stereocenters. The van der Waals surface area contributed by atoms with Crippen LogP contribution in [0.15, 0.2) is 36.8 Å². The van der Waals surface area contributed by atoms with Crippen LogP contribution in [0.1, 0.15) is 17.7 Å². The normalized spacial score (nSPS) is 9.82. The number of nitrogens with zero attached hydrogens (tertiary/aromatic N) is 2. The van der Waals surface area contributed by atoms with Crippen LogP contribution in [0.5, 0.6) is 5.75 Å². The molecule has 0 aliphatic rings. The fourth-order valence-electron chi connectivity index (χ4n) is 1.50. The van der Waals surface area contributed by atoms with Crippen LogP contribution in [0, 0.1) is 11.3 Å². The quantitative estimate of drug-likeness (QED) is 0.797. The Morgan fingerprint density at radius 3 is 2.76 bits per heavy atom. The second-order valence-electron chi connectivity index (χ2n) is 3.65. The van der Waals surface area contributed by atoms with Crippen LogP contribution in [0.3, 0.4) is 0 Å². The van der Waals surface area contributed by atoms with Gasteiger partial charge in [-0.15, -0.1) is 0 Å². The van der Waals surface area contributed by atoms with Crippen LogP contribution < -0.4 is 4.74 Å². The summed E-state index contributed by atoms with van der Waals surface area (Å²) in [4.78, 5) is 7.05. The first kappa shape index (κ1) is 11.2. The molecule has 0 aliphatic carbocycles. The van der Waals surface area contributed by atoms with Crippen molar-refractivity contribution in [2.45, 2.75) is 12.8 Å². The second-order valence-corrected chi connectivity index (χ2v) is 3.65. The molecule has 1 heterocycles. The zero-order valence-electron chi connectivity index (χ0n) is 9.39. The molecule has 0 amide bonds. The van der Waals surface area contributed by atoms with E-state index in [0.29, 0.717) is 12.2 Å². The highest BCUT2D eigenvalue weighted by atomic mass is 16.5. The minimum atomic E-state index is 0.647. The van der Waals surface area contributed by atoms with Gasteiger partial charge >= 0.3 is 0 Å². The lowest BCUT2D eigenvalue weighted by atomic mass is 10.2. The van der Waals surface area contributed by atoms with E-state index in [1.165, 1.54) is 0 Å². The molecule has 4 nitrogen and oxygen atoms in total. The van der Waals surface area contributed by atoms with Crippen molar-refractivity contribution < 1.29 is 4.74 Å². The summed E-state index contributed by atoms with van der Waals surface area (Å²) < 4.78 is 5.56. The number of hydrogen-bond acceptors (Lipinski definition) is 3. The summed E-state index contributed by atoms with van der Waals surface area (Å²) >= 11 is 0. The molecule has 1 aromatic carbocycles. The maximum Gasteiger partial charge on any atom is 0.119 e. The Balaban J connectivity index is 1.73. The molecule has 1 aromatic heterocycles. The smallest absolute Gasteiger partial charge is 0.119 e. The summed E-state index contributed by atoms with van der Waals surface area (Å²) in [6.45, 7) is 0.652. The van der Waals surface area contributed by atoms with Gasteiger partial charge in [-0.2, -0.15) is 5.26 Å². The van der Waals surface area contributed by atoms with Gasteiger partial charge in [0.15, 0.2) is 0 Å². The van der Waals surface area contributed by atoms with Crippen LogP contribution >= 0.6 is 0 Å². The Kier molecular flexibility index (Phi) is 3.77. The van der Waals surface area contributed by atoms with E-state index < -0.39 is 0 Å². The van der Waals surface area contributed by atoms with Gasteiger partial charge in [0.05, 0.1) is 30.3 Å². The topological polar surface area (TPSA) is 61.7 Å². The Bertz CT molecular complexity index is 482. The first-order chi connectivity index (χ1) is 8.38. The summed E-state index contributed by atoms with van der Waals surface area (Å²) in [7, 11) is 0. The lowest BCUT2D eigenvalue weighted by molar-refractivity contribution is 0.310. The third-order valence-corrected chi connectivity index (χ3v) is 2.38. The van der Waals surface area contributed by atoms with Crippen molar-refractivity contribution in [1.29, 1.82) is 5.26 Å². The van der Waals surface area contributed by atoms with E-state index in [-0.39, 0.29) is 0 Å². The lowest BCUT2D eigenvalue weighted by Crippen LogP contribution is -1.99. The van der Waals surface area contributed by atoms with Crippen molar-refractivity contribution in [2.75, 3.05) is 6.61 Å². The minimum Gasteiger partial charge on any atom is -0.494 e. The Hall–Kier alpha value is -2.28. The van der Waals surface area contributed by atoms with Crippen LogP contribution in [0.25, 0.3) is 0 Å².